The second kappa shape index (κ2) is 11.7. The first-order valence-corrected chi connectivity index (χ1v) is 17.9. The molecule has 2 aromatic heterocycles. The molecule has 53 heavy (non-hydrogen) atoms. The fraction of sp³-hybridized carbons (Fsp3) is 0.0833. The molecule has 2 aliphatic rings. The van der Waals surface area contributed by atoms with Crippen LogP contribution < -0.4 is 9.47 Å². The van der Waals surface area contributed by atoms with E-state index in [1.54, 1.807) is 0 Å². The predicted octanol–water partition coefficient (Wildman–Crippen LogP) is 12.6. The Balaban J connectivity index is 1.04. The lowest BCUT2D eigenvalue weighted by molar-refractivity contribution is 0.359. The Morgan fingerprint density at radius 3 is 2.06 bits per heavy atom. The van der Waals surface area contributed by atoms with Gasteiger partial charge in [-0.15, -0.1) is 0 Å². The van der Waals surface area contributed by atoms with Gasteiger partial charge in [0.25, 0.3) is 0 Å². The second-order valence-electron chi connectivity index (χ2n) is 14.3. The zero-order valence-electron chi connectivity index (χ0n) is 29.7. The van der Waals surface area contributed by atoms with Crippen molar-refractivity contribution in [1.29, 1.82) is 0 Å². The molecule has 0 unspecified atom stereocenters. The molecule has 6 aromatic carbocycles. The van der Waals surface area contributed by atoms with Crippen molar-refractivity contribution in [3.8, 4) is 73.7 Å². The Morgan fingerprint density at radius 2 is 1.25 bits per heavy atom. The van der Waals surface area contributed by atoms with Crippen LogP contribution in [0, 0.1) is 6.92 Å². The van der Waals surface area contributed by atoms with Crippen LogP contribution in [-0.4, -0.2) is 14.5 Å². The number of para-hydroxylation sites is 1. The van der Waals surface area contributed by atoms with Crippen LogP contribution in [0.2, 0.25) is 0 Å². The molecule has 0 spiro atoms. The van der Waals surface area contributed by atoms with Gasteiger partial charge in [-0.2, -0.15) is 0 Å². The largest absolute Gasteiger partial charge is 0.450 e. The SMILES string of the molecule is C=Cc1c(C)c2ccccc2n1-c1ccc(-c2cc(-c3ccc4c(c3)Oc3cc5c(cc3O4)C(C)(C)c3ccccc3-5)nc(-c3ccccc3)n2)cc1. The van der Waals surface area contributed by atoms with Crippen molar-refractivity contribution in [2.45, 2.75) is 26.2 Å². The third-order valence-corrected chi connectivity index (χ3v) is 10.9. The number of ether oxygens (including phenoxy) is 2. The minimum Gasteiger partial charge on any atom is -0.450 e. The van der Waals surface area contributed by atoms with Gasteiger partial charge in [0.2, 0.25) is 0 Å². The minimum absolute atomic E-state index is 0.125. The predicted molar refractivity (Wildman–Crippen MR) is 214 cm³/mol. The number of hydrogen-bond donors (Lipinski definition) is 0. The van der Waals surface area contributed by atoms with Gasteiger partial charge in [-0.3, -0.25) is 0 Å². The summed E-state index contributed by atoms with van der Waals surface area (Å²) in [4.78, 5) is 10.2. The van der Waals surface area contributed by atoms with Gasteiger partial charge in [0, 0.05) is 38.9 Å². The van der Waals surface area contributed by atoms with Gasteiger partial charge in [-0.05, 0) is 95.4 Å². The first kappa shape index (κ1) is 31.1. The van der Waals surface area contributed by atoms with E-state index >= 15 is 0 Å². The fourth-order valence-corrected chi connectivity index (χ4v) is 8.12. The Bertz CT molecular complexity index is 2780. The highest BCUT2D eigenvalue weighted by Crippen LogP contribution is 2.55. The highest BCUT2D eigenvalue weighted by molar-refractivity contribution is 5.90. The van der Waals surface area contributed by atoms with Gasteiger partial charge in [-0.1, -0.05) is 105 Å². The molecule has 0 amide bonds. The smallest absolute Gasteiger partial charge is 0.170 e. The van der Waals surface area contributed by atoms with E-state index in [-0.39, 0.29) is 5.41 Å². The van der Waals surface area contributed by atoms with Gasteiger partial charge >= 0.3 is 0 Å². The number of fused-ring (bicyclic) bond motifs is 6. The fourth-order valence-electron chi connectivity index (χ4n) is 8.12. The summed E-state index contributed by atoms with van der Waals surface area (Å²) >= 11 is 0. The molecule has 1 aliphatic heterocycles. The third kappa shape index (κ3) is 4.85. The number of benzene rings is 6. The van der Waals surface area contributed by atoms with Gasteiger partial charge in [-0.25, -0.2) is 9.97 Å². The molecule has 3 heterocycles. The van der Waals surface area contributed by atoms with Crippen molar-refractivity contribution in [1.82, 2.24) is 14.5 Å². The molecule has 0 radical (unpaired) electrons. The molecule has 0 saturated carbocycles. The number of aryl methyl sites for hydroxylation is 1. The minimum atomic E-state index is -0.125. The molecule has 5 heteroatoms. The summed E-state index contributed by atoms with van der Waals surface area (Å²) in [6.07, 6.45) is 1.93. The molecule has 0 N–H and O–H groups in total. The summed E-state index contributed by atoms with van der Waals surface area (Å²) in [5.74, 6) is 3.42. The molecule has 8 aromatic rings. The molecule has 0 bridgehead atoms. The lowest BCUT2D eigenvalue weighted by atomic mass is 9.82. The lowest BCUT2D eigenvalue weighted by Crippen LogP contribution is -2.15. The summed E-state index contributed by atoms with van der Waals surface area (Å²) in [5.41, 5.74) is 13.9. The first-order valence-electron chi connectivity index (χ1n) is 17.9. The summed E-state index contributed by atoms with van der Waals surface area (Å²) < 4.78 is 15.4. The van der Waals surface area contributed by atoms with Crippen LogP contribution in [0.15, 0.2) is 146 Å². The second-order valence-corrected chi connectivity index (χ2v) is 14.3. The number of rotatable bonds is 5. The molecular weight excluding hydrogens is 651 g/mol. The third-order valence-electron chi connectivity index (χ3n) is 10.9. The molecule has 5 nitrogen and oxygen atoms in total. The lowest BCUT2D eigenvalue weighted by Gasteiger charge is -2.25. The van der Waals surface area contributed by atoms with Crippen molar-refractivity contribution in [3.05, 3.63) is 168 Å². The van der Waals surface area contributed by atoms with Crippen molar-refractivity contribution >= 4 is 17.0 Å². The van der Waals surface area contributed by atoms with E-state index in [1.165, 1.54) is 33.2 Å². The van der Waals surface area contributed by atoms with Gasteiger partial charge < -0.3 is 14.0 Å². The average molecular weight is 686 g/mol. The molecule has 0 atom stereocenters. The molecule has 10 rings (SSSR count). The standard InChI is InChI=1S/C48H35N3O2/c1-5-41-29(2)34-15-10-12-18-42(34)51(41)33-22-19-30(20-23-33)39-28-40(50-47(49-39)31-13-7-6-8-14-31)32-21-24-43-44(25-32)53-45-26-36-35-16-9-11-17-37(35)48(3,4)38(36)27-46(45)52-43/h5-28H,1H2,2-4H3. The summed E-state index contributed by atoms with van der Waals surface area (Å²) in [6.45, 7) is 10.8. The Kier molecular flexibility index (Phi) is 6.83. The maximum atomic E-state index is 6.61. The van der Waals surface area contributed by atoms with Crippen LogP contribution in [0.3, 0.4) is 0 Å². The van der Waals surface area contributed by atoms with Crippen LogP contribution in [0.4, 0.5) is 0 Å². The Hall–Kier alpha value is -6.72. The van der Waals surface area contributed by atoms with Crippen molar-refractivity contribution in [2.24, 2.45) is 0 Å². The van der Waals surface area contributed by atoms with Gasteiger partial charge in [0.15, 0.2) is 28.8 Å². The maximum absolute atomic E-state index is 6.61. The highest BCUT2D eigenvalue weighted by atomic mass is 16.6. The average Bonchev–Trinajstić information content (AvgIpc) is 3.62. The van der Waals surface area contributed by atoms with E-state index < -0.39 is 0 Å². The van der Waals surface area contributed by atoms with Crippen molar-refractivity contribution in [3.63, 3.8) is 0 Å². The highest BCUT2D eigenvalue weighted by Gasteiger charge is 2.37. The summed E-state index contributed by atoms with van der Waals surface area (Å²) in [5, 5.41) is 1.22. The molecule has 0 fully saturated rings. The summed E-state index contributed by atoms with van der Waals surface area (Å²) in [7, 11) is 0. The van der Waals surface area contributed by atoms with Gasteiger partial charge in [0.05, 0.1) is 16.9 Å². The van der Waals surface area contributed by atoms with E-state index in [0.717, 1.165) is 50.7 Å². The molecule has 254 valence electrons. The normalized spacial score (nSPS) is 13.3. The van der Waals surface area contributed by atoms with Crippen LogP contribution in [0.25, 0.3) is 67.7 Å². The number of hydrogen-bond acceptors (Lipinski definition) is 4. The number of nitrogens with zero attached hydrogens (tertiary/aromatic N) is 3. The van der Waals surface area contributed by atoms with E-state index in [2.05, 4.69) is 123 Å². The van der Waals surface area contributed by atoms with Crippen molar-refractivity contribution < 1.29 is 9.47 Å². The zero-order chi connectivity index (χ0) is 35.8. The van der Waals surface area contributed by atoms with E-state index in [0.29, 0.717) is 23.1 Å². The van der Waals surface area contributed by atoms with E-state index in [9.17, 15) is 0 Å². The summed E-state index contributed by atoms with van der Waals surface area (Å²) in [6, 6.07) is 48.1. The molecule has 0 saturated heterocycles. The van der Waals surface area contributed by atoms with Crippen LogP contribution in [0.5, 0.6) is 23.0 Å². The topological polar surface area (TPSA) is 49.2 Å². The van der Waals surface area contributed by atoms with Crippen LogP contribution >= 0.6 is 0 Å². The molecule has 1 aliphatic carbocycles. The number of aromatic nitrogens is 3. The first-order chi connectivity index (χ1) is 25.9. The maximum Gasteiger partial charge on any atom is 0.170 e. The zero-order valence-corrected chi connectivity index (χ0v) is 29.7. The van der Waals surface area contributed by atoms with Crippen LogP contribution in [0.1, 0.15) is 36.2 Å². The molecular formula is C48H35N3O2. The van der Waals surface area contributed by atoms with Gasteiger partial charge in [0.1, 0.15) is 0 Å². The van der Waals surface area contributed by atoms with Crippen molar-refractivity contribution in [2.75, 3.05) is 0 Å². The Morgan fingerprint density at radius 1 is 0.585 bits per heavy atom. The monoisotopic (exact) mass is 685 g/mol. The van der Waals surface area contributed by atoms with E-state index in [1.807, 2.05) is 54.6 Å². The van der Waals surface area contributed by atoms with Crippen LogP contribution in [-0.2, 0) is 5.41 Å². The quantitative estimate of drug-likeness (QED) is 0.181. The Labute approximate surface area is 308 Å². The van der Waals surface area contributed by atoms with E-state index in [4.69, 9.17) is 19.4 Å².